The Morgan fingerprint density at radius 1 is 1.00 bits per heavy atom. The Morgan fingerprint density at radius 2 is 1.68 bits per heavy atom. The Labute approximate surface area is 196 Å². The molecule has 0 unspecified atom stereocenters. The summed E-state index contributed by atoms with van der Waals surface area (Å²) in [4.78, 5) is 27.2. The topological polar surface area (TPSA) is 75.4 Å². The fourth-order valence-corrected chi connectivity index (χ4v) is 3.94. The standard InChI is InChI=1S/C23H18ClN3O2S.ClH/c24-17-7-9-18(10-8-17)27-22(29)21(28)19(23(27)30)20(26-12-11-25)16-6-5-14-3-1-2-4-15(14)13-16;/h1-10,13,26H,11-12,25H2;1H. The molecule has 0 saturated carbocycles. The zero-order valence-electron chi connectivity index (χ0n) is 16.3. The van der Waals surface area contributed by atoms with Crippen LogP contribution in [-0.4, -0.2) is 29.8 Å². The highest BCUT2D eigenvalue weighted by molar-refractivity contribution is 7.81. The van der Waals surface area contributed by atoms with E-state index in [1.165, 1.54) is 4.90 Å². The molecule has 1 fully saturated rings. The van der Waals surface area contributed by atoms with Crippen LogP contribution >= 0.6 is 36.2 Å². The summed E-state index contributed by atoms with van der Waals surface area (Å²) in [5.41, 5.74) is 7.62. The van der Waals surface area contributed by atoms with Gasteiger partial charge < -0.3 is 11.1 Å². The van der Waals surface area contributed by atoms with Crippen LogP contribution in [0.15, 0.2) is 72.3 Å². The molecule has 0 spiro atoms. The quantitative estimate of drug-likeness (QED) is 0.332. The number of benzene rings is 3. The molecular weight excluding hydrogens is 453 g/mol. The minimum absolute atomic E-state index is 0. The minimum atomic E-state index is -0.690. The van der Waals surface area contributed by atoms with Gasteiger partial charge in [0.25, 0.3) is 5.78 Å². The summed E-state index contributed by atoms with van der Waals surface area (Å²) in [5, 5.41) is 5.82. The van der Waals surface area contributed by atoms with Crippen LogP contribution in [0.4, 0.5) is 5.69 Å². The van der Waals surface area contributed by atoms with Crippen molar-refractivity contribution in [3.8, 4) is 0 Å². The van der Waals surface area contributed by atoms with E-state index in [1.54, 1.807) is 24.3 Å². The second kappa shape index (κ2) is 9.58. The van der Waals surface area contributed by atoms with Crippen LogP contribution in [-0.2, 0) is 9.59 Å². The van der Waals surface area contributed by atoms with Crippen molar-refractivity contribution in [1.82, 2.24) is 5.32 Å². The fraction of sp³-hybridized carbons (Fsp3) is 0.0870. The Morgan fingerprint density at radius 3 is 2.35 bits per heavy atom. The first kappa shape index (κ1) is 22.9. The molecule has 0 aliphatic carbocycles. The predicted octanol–water partition coefficient (Wildman–Crippen LogP) is 4.12. The second-order valence-electron chi connectivity index (χ2n) is 6.78. The predicted molar refractivity (Wildman–Crippen MR) is 132 cm³/mol. The first-order valence-corrected chi connectivity index (χ1v) is 10.2. The molecule has 1 aliphatic rings. The monoisotopic (exact) mass is 471 g/mol. The smallest absolute Gasteiger partial charge is 0.304 e. The van der Waals surface area contributed by atoms with E-state index < -0.39 is 11.7 Å². The van der Waals surface area contributed by atoms with Crippen LogP contribution in [0, 0.1) is 0 Å². The SMILES string of the molecule is Cl.NCCNC(=C1C(=O)C(=O)N(c2ccc(Cl)cc2)C1=S)c1ccc2ccccc2c1. The Kier molecular flexibility index (Phi) is 7.08. The zero-order valence-corrected chi connectivity index (χ0v) is 18.7. The molecule has 158 valence electrons. The van der Waals surface area contributed by atoms with Crippen LogP contribution in [0.2, 0.25) is 5.02 Å². The Hall–Kier alpha value is -2.77. The highest BCUT2D eigenvalue weighted by atomic mass is 35.5. The highest BCUT2D eigenvalue weighted by Gasteiger charge is 2.42. The van der Waals surface area contributed by atoms with E-state index in [9.17, 15) is 9.59 Å². The van der Waals surface area contributed by atoms with E-state index in [4.69, 9.17) is 29.6 Å². The molecule has 1 aliphatic heterocycles. The molecular formula is C23H19Cl2N3O2S. The third kappa shape index (κ3) is 4.34. The summed E-state index contributed by atoms with van der Waals surface area (Å²) < 4.78 is 0. The maximum Gasteiger partial charge on any atom is 0.304 e. The number of halogens is 2. The number of ketones is 1. The maximum absolute atomic E-state index is 13.0. The number of amides is 1. The number of rotatable bonds is 5. The lowest BCUT2D eigenvalue weighted by Crippen LogP contribution is -2.29. The summed E-state index contributed by atoms with van der Waals surface area (Å²) in [6.45, 7) is 0.789. The average Bonchev–Trinajstić information content (AvgIpc) is 2.98. The molecule has 0 atom stereocenters. The number of carbonyl (C=O) groups is 2. The molecule has 3 aromatic carbocycles. The molecule has 0 aromatic heterocycles. The third-order valence-corrected chi connectivity index (χ3v) is 5.50. The largest absolute Gasteiger partial charge is 0.383 e. The number of thiocarbonyl (C=S) groups is 1. The number of nitrogens with two attached hydrogens (primary N) is 1. The number of Topliss-reactive ketones (excluding diaryl/α,β-unsaturated/α-hetero) is 1. The van der Waals surface area contributed by atoms with Crippen molar-refractivity contribution in [2.75, 3.05) is 18.0 Å². The van der Waals surface area contributed by atoms with Crippen molar-refractivity contribution in [3.05, 3.63) is 82.9 Å². The van der Waals surface area contributed by atoms with Gasteiger partial charge in [0.1, 0.15) is 4.99 Å². The fourth-order valence-electron chi connectivity index (χ4n) is 3.43. The number of nitrogens with one attached hydrogen (secondary N) is 1. The molecule has 1 heterocycles. The third-order valence-electron chi connectivity index (χ3n) is 4.86. The molecule has 1 saturated heterocycles. The number of fused-ring (bicyclic) bond motifs is 1. The number of carbonyl (C=O) groups excluding carboxylic acids is 2. The van der Waals surface area contributed by atoms with Gasteiger partial charge in [-0.05, 0) is 46.7 Å². The lowest BCUT2D eigenvalue weighted by atomic mass is 10.0. The average molecular weight is 472 g/mol. The van der Waals surface area contributed by atoms with Crippen molar-refractivity contribution in [3.63, 3.8) is 0 Å². The van der Waals surface area contributed by atoms with Gasteiger partial charge in [-0.15, -0.1) is 12.4 Å². The summed E-state index contributed by atoms with van der Waals surface area (Å²) in [6, 6.07) is 20.4. The molecule has 8 heteroatoms. The molecule has 5 nitrogen and oxygen atoms in total. The van der Waals surface area contributed by atoms with Crippen LogP contribution in [0.5, 0.6) is 0 Å². The van der Waals surface area contributed by atoms with Crippen molar-refractivity contribution < 1.29 is 9.59 Å². The molecule has 31 heavy (non-hydrogen) atoms. The lowest BCUT2D eigenvalue weighted by molar-refractivity contribution is -0.132. The molecule has 3 aromatic rings. The summed E-state index contributed by atoms with van der Waals surface area (Å²) in [7, 11) is 0. The van der Waals surface area contributed by atoms with Gasteiger partial charge in [-0.3, -0.25) is 14.5 Å². The van der Waals surface area contributed by atoms with Gasteiger partial charge in [-0.2, -0.15) is 0 Å². The van der Waals surface area contributed by atoms with Crippen LogP contribution in [0.1, 0.15) is 5.56 Å². The van der Waals surface area contributed by atoms with E-state index in [2.05, 4.69) is 5.32 Å². The van der Waals surface area contributed by atoms with E-state index in [0.717, 1.165) is 16.3 Å². The van der Waals surface area contributed by atoms with Gasteiger partial charge in [-0.25, -0.2) is 0 Å². The Balaban J connectivity index is 0.00000272. The van der Waals surface area contributed by atoms with Crippen molar-refractivity contribution in [2.24, 2.45) is 5.73 Å². The lowest BCUT2D eigenvalue weighted by Gasteiger charge is -2.17. The van der Waals surface area contributed by atoms with Gasteiger partial charge in [0, 0.05) is 18.1 Å². The van der Waals surface area contributed by atoms with Crippen LogP contribution < -0.4 is 16.0 Å². The maximum atomic E-state index is 13.0. The number of hydrogen-bond acceptors (Lipinski definition) is 5. The highest BCUT2D eigenvalue weighted by Crippen LogP contribution is 2.31. The van der Waals surface area contributed by atoms with E-state index >= 15 is 0 Å². The first-order valence-electron chi connectivity index (χ1n) is 9.37. The Bertz CT molecular complexity index is 1210. The molecule has 1 amide bonds. The summed E-state index contributed by atoms with van der Waals surface area (Å²) in [5.74, 6) is -1.34. The molecule has 4 rings (SSSR count). The zero-order chi connectivity index (χ0) is 21.3. The van der Waals surface area contributed by atoms with Crippen LogP contribution in [0.3, 0.4) is 0 Å². The van der Waals surface area contributed by atoms with Crippen molar-refractivity contribution in [1.29, 1.82) is 0 Å². The van der Waals surface area contributed by atoms with Gasteiger partial charge in [0.15, 0.2) is 0 Å². The van der Waals surface area contributed by atoms with E-state index in [1.807, 2.05) is 42.5 Å². The summed E-state index contributed by atoms with van der Waals surface area (Å²) in [6.07, 6.45) is 0. The summed E-state index contributed by atoms with van der Waals surface area (Å²) >= 11 is 11.5. The molecule has 0 bridgehead atoms. The normalized spacial score (nSPS) is 15.3. The number of hydrogen-bond donors (Lipinski definition) is 2. The van der Waals surface area contributed by atoms with Crippen molar-refractivity contribution in [2.45, 2.75) is 0 Å². The van der Waals surface area contributed by atoms with Crippen molar-refractivity contribution >= 4 is 75.1 Å². The van der Waals surface area contributed by atoms with Gasteiger partial charge in [0.2, 0.25) is 0 Å². The number of nitrogens with zero attached hydrogens (tertiary/aromatic N) is 1. The van der Waals surface area contributed by atoms with Crippen LogP contribution in [0.25, 0.3) is 16.5 Å². The van der Waals surface area contributed by atoms with Gasteiger partial charge >= 0.3 is 5.91 Å². The molecule has 0 radical (unpaired) electrons. The molecule has 3 N–H and O–H groups in total. The van der Waals surface area contributed by atoms with E-state index in [0.29, 0.717) is 29.5 Å². The van der Waals surface area contributed by atoms with Gasteiger partial charge in [0.05, 0.1) is 17.0 Å². The van der Waals surface area contributed by atoms with Gasteiger partial charge in [-0.1, -0.05) is 60.2 Å². The number of anilines is 1. The minimum Gasteiger partial charge on any atom is -0.383 e. The first-order chi connectivity index (χ1) is 14.5. The second-order valence-corrected chi connectivity index (χ2v) is 7.60. The van der Waals surface area contributed by atoms with E-state index in [-0.39, 0.29) is 23.0 Å².